The molecule has 2 heterocycles. The number of rotatable bonds is 2. The lowest BCUT2D eigenvalue weighted by Gasteiger charge is -2.31. The van der Waals surface area contributed by atoms with Gasteiger partial charge in [-0.1, -0.05) is 0 Å². The number of halogens is 2. The molecule has 0 unspecified atom stereocenters. The van der Waals surface area contributed by atoms with E-state index in [1.807, 2.05) is 6.92 Å². The summed E-state index contributed by atoms with van der Waals surface area (Å²) in [6.45, 7) is 5.11. The molecule has 0 bridgehead atoms. The molecule has 5 nitrogen and oxygen atoms in total. The highest BCUT2D eigenvalue weighted by molar-refractivity contribution is 5.95. The maximum absolute atomic E-state index is 13.9. The highest BCUT2D eigenvalue weighted by atomic mass is 19.1. The van der Waals surface area contributed by atoms with Crippen molar-refractivity contribution in [3.05, 3.63) is 47.3 Å². The van der Waals surface area contributed by atoms with Crippen LogP contribution in [0.2, 0.25) is 0 Å². The van der Waals surface area contributed by atoms with Gasteiger partial charge in [0.2, 0.25) is 0 Å². The van der Waals surface area contributed by atoms with Crippen LogP contribution in [0.25, 0.3) is 5.69 Å². The Morgan fingerprint density at radius 3 is 2.87 bits per heavy atom. The van der Waals surface area contributed by atoms with Crippen molar-refractivity contribution in [2.24, 2.45) is 0 Å². The number of hydrogen-bond acceptors (Lipinski definition) is 3. The van der Waals surface area contributed by atoms with Crippen molar-refractivity contribution in [2.45, 2.75) is 20.0 Å². The topological polar surface area (TPSA) is 47.4 Å². The Balaban J connectivity index is 1.91. The van der Waals surface area contributed by atoms with Crippen LogP contribution < -0.4 is 0 Å². The Labute approximate surface area is 132 Å². The van der Waals surface area contributed by atoms with Crippen molar-refractivity contribution >= 4 is 5.91 Å². The number of benzene rings is 1. The molecule has 122 valence electrons. The summed E-state index contributed by atoms with van der Waals surface area (Å²) in [5.41, 5.74) is 1.03. The van der Waals surface area contributed by atoms with Gasteiger partial charge in [0.25, 0.3) is 5.91 Å². The summed E-state index contributed by atoms with van der Waals surface area (Å²) in [5, 5.41) is 4.09. The zero-order valence-electron chi connectivity index (χ0n) is 12.9. The maximum Gasteiger partial charge on any atom is 0.257 e. The van der Waals surface area contributed by atoms with E-state index in [-0.39, 0.29) is 17.7 Å². The van der Waals surface area contributed by atoms with Gasteiger partial charge in [-0.05, 0) is 26.0 Å². The Morgan fingerprint density at radius 1 is 1.39 bits per heavy atom. The van der Waals surface area contributed by atoms with Gasteiger partial charge in [0.05, 0.1) is 30.2 Å². The number of nitrogens with zero attached hydrogens (tertiary/aromatic N) is 3. The van der Waals surface area contributed by atoms with E-state index in [1.54, 1.807) is 11.8 Å². The van der Waals surface area contributed by atoms with E-state index in [9.17, 15) is 13.6 Å². The fourth-order valence-electron chi connectivity index (χ4n) is 2.69. The van der Waals surface area contributed by atoms with Crippen molar-refractivity contribution in [1.29, 1.82) is 0 Å². The van der Waals surface area contributed by atoms with Crippen molar-refractivity contribution in [1.82, 2.24) is 14.7 Å². The molecule has 0 saturated carbocycles. The second-order valence-electron chi connectivity index (χ2n) is 5.58. The molecule has 23 heavy (non-hydrogen) atoms. The number of morpholine rings is 1. The summed E-state index contributed by atoms with van der Waals surface area (Å²) in [6, 6.07) is 3.25. The summed E-state index contributed by atoms with van der Waals surface area (Å²) < 4.78 is 33.7. The Hall–Kier alpha value is -2.28. The Kier molecular flexibility index (Phi) is 4.12. The lowest BCUT2D eigenvalue weighted by Crippen LogP contribution is -2.44. The summed E-state index contributed by atoms with van der Waals surface area (Å²) in [7, 11) is 0. The van der Waals surface area contributed by atoms with Gasteiger partial charge in [0.15, 0.2) is 5.82 Å². The van der Waals surface area contributed by atoms with Gasteiger partial charge in [-0.3, -0.25) is 4.79 Å². The van der Waals surface area contributed by atoms with Crippen LogP contribution in [-0.4, -0.2) is 46.4 Å². The first kappa shape index (κ1) is 15.6. The number of aromatic nitrogens is 2. The molecule has 0 aliphatic carbocycles. The molecular formula is C16H17F2N3O2. The summed E-state index contributed by atoms with van der Waals surface area (Å²) in [4.78, 5) is 14.3. The SMILES string of the molecule is Cc1c(C(=O)N2CCO[C@@H](C)C2)cnn1-c1ccc(F)cc1F. The average Bonchev–Trinajstić information content (AvgIpc) is 2.88. The molecular weight excluding hydrogens is 304 g/mol. The molecule has 1 saturated heterocycles. The monoisotopic (exact) mass is 321 g/mol. The third-order valence-corrected chi connectivity index (χ3v) is 3.91. The quantitative estimate of drug-likeness (QED) is 0.853. The van der Waals surface area contributed by atoms with Crippen molar-refractivity contribution < 1.29 is 18.3 Å². The van der Waals surface area contributed by atoms with Crippen LogP contribution in [-0.2, 0) is 4.74 Å². The van der Waals surface area contributed by atoms with Crippen molar-refractivity contribution in [3.63, 3.8) is 0 Å². The first-order valence-electron chi connectivity index (χ1n) is 7.38. The van der Waals surface area contributed by atoms with Crippen LogP contribution >= 0.6 is 0 Å². The highest BCUT2D eigenvalue weighted by Gasteiger charge is 2.25. The lowest BCUT2D eigenvalue weighted by molar-refractivity contribution is -0.0124. The minimum Gasteiger partial charge on any atom is -0.375 e. The van der Waals surface area contributed by atoms with Crippen LogP contribution in [0.4, 0.5) is 8.78 Å². The van der Waals surface area contributed by atoms with E-state index in [0.29, 0.717) is 31.0 Å². The highest BCUT2D eigenvalue weighted by Crippen LogP contribution is 2.20. The van der Waals surface area contributed by atoms with Gasteiger partial charge in [-0.15, -0.1) is 0 Å². The first-order valence-corrected chi connectivity index (χ1v) is 7.38. The molecule has 0 N–H and O–H groups in total. The molecule has 0 spiro atoms. The average molecular weight is 321 g/mol. The zero-order valence-corrected chi connectivity index (χ0v) is 12.9. The summed E-state index contributed by atoms with van der Waals surface area (Å²) in [5.74, 6) is -1.55. The van der Waals surface area contributed by atoms with Crippen LogP contribution in [0, 0.1) is 18.6 Å². The molecule has 1 atom stereocenters. The third kappa shape index (κ3) is 2.96. The van der Waals surface area contributed by atoms with Gasteiger partial charge >= 0.3 is 0 Å². The van der Waals surface area contributed by atoms with Gasteiger partial charge in [0, 0.05) is 19.2 Å². The molecule has 0 radical (unpaired) electrons. The molecule has 2 aromatic rings. The molecule has 3 rings (SSSR count). The maximum atomic E-state index is 13.9. The fourth-order valence-corrected chi connectivity index (χ4v) is 2.69. The lowest BCUT2D eigenvalue weighted by atomic mass is 10.2. The van der Waals surface area contributed by atoms with Crippen LogP contribution in [0.1, 0.15) is 23.0 Å². The number of carbonyl (C=O) groups is 1. The zero-order chi connectivity index (χ0) is 16.6. The van der Waals surface area contributed by atoms with E-state index in [2.05, 4.69) is 5.10 Å². The van der Waals surface area contributed by atoms with Gasteiger partial charge in [-0.2, -0.15) is 5.10 Å². The van der Waals surface area contributed by atoms with Gasteiger partial charge < -0.3 is 9.64 Å². The standard InChI is InChI=1S/C16H17F2N3O2/c1-10-9-20(5-6-23-10)16(22)13-8-19-21(11(13)2)15-4-3-12(17)7-14(15)18/h3-4,7-8,10H,5-6,9H2,1-2H3/t10-/m0/s1. The number of ether oxygens (including phenoxy) is 1. The largest absolute Gasteiger partial charge is 0.375 e. The van der Waals surface area contributed by atoms with E-state index in [4.69, 9.17) is 4.74 Å². The molecule has 1 amide bonds. The van der Waals surface area contributed by atoms with Crippen LogP contribution in [0.5, 0.6) is 0 Å². The second-order valence-corrected chi connectivity index (χ2v) is 5.58. The van der Waals surface area contributed by atoms with Gasteiger partial charge in [-0.25, -0.2) is 13.5 Å². The fraction of sp³-hybridized carbons (Fsp3) is 0.375. The van der Waals surface area contributed by atoms with Crippen molar-refractivity contribution in [3.8, 4) is 5.69 Å². The minimum absolute atomic E-state index is 0.0161. The van der Waals surface area contributed by atoms with Gasteiger partial charge in [0.1, 0.15) is 11.5 Å². The van der Waals surface area contributed by atoms with E-state index in [1.165, 1.54) is 16.9 Å². The normalized spacial score (nSPS) is 18.3. The second kappa shape index (κ2) is 6.08. The van der Waals surface area contributed by atoms with E-state index in [0.717, 1.165) is 12.1 Å². The molecule has 1 aliphatic rings. The van der Waals surface area contributed by atoms with E-state index < -0.39 is 11.6 Å². The smallest absolute Gasteiger partial charge is 0.257 e. The Bertz CT molecular complexity index is 745. The minimum atomic E-state index is -0.727. The molecule has 1 aromatic heterocycles. The van der Waals surface area contributed by atoms with Crippen LogP contribution in [0.3, 0.4) is 0 Å². The number of amides is 1. The van der Waals surface area contributed by atoms with Crippen LogP contribution in [0.15, 0.2) is 24.4 Å². The third-order valence-electron chi connectivity index (χ3n) is 3.91. The predicted molar refractivity (Wildman–Crippen MR) is 79.5 cm³/mol. The summed E-state index contributed by atoms with van der Waals surface area (Å²) >= 11 is 0. The number of hydrogen-bond donors (Lipinski definition) is 0. The van der Waals surface area contributed by atoms with E-state index >= 15 is 0 Å². The number of carbonyl (C=O) groups excluding carboxylic acids is 1. The predicted octanol–water partition coefficient (Wildman–Crippen LogP) is 2.32. The molecule has 1 aliphatic heterocycles. The Morgan fingerprint density at radius 2 is 2.17 bits per heavy atom. The molecule has 1 aromatic carbocycles. The van der Waals surface area contributed by atoms with Crippen molar-refractivity contribution in [2.75, 3.05) is 19.7 Å². The summed E-state index contributed by atoms with van der Waals surface area (Å²) in [6.07, 6.45) is 1.40. The molecule has 7 heteroatoms. The molecule has 1 fully saturated rings. The first-order chi connectivity index (χ1) is 11.0.